The van der Waals surface area contributed by atoms with Crippen LogP contribution in [0.4, 0.5) is 0 Å². The number of aliphatic hydroxyl groups is 1. The molecule has 0 saturated carbocycles. The Labute approximate surface area is 121 Å². The van der Waals surface area contributed by atoms with Gasteiger partial charge in [0.05, 0.1) is 12.7 Å². The van der Waals surface area contributed by atoms with Crippen LogP contribution < -0.4 is 0 Å². The second-order valence-electron chi connectivity index (χ2n) is 6.58. The Morgan fingerprint density at radius 3 is 1.68 bits per heavy atom. The molecule has 0 saturated heterocycles. The molecule has 2 atom stereocenters. The molecule has 0 spiro atoms. The third-order valence-electron chi connectivity index (χ3n) is 4.31. The zero-order valence-electron chi connectivity index (χ0n) is 14.1. The highest BCUT2D eigenvalue weighted by Gasteiger charge is 2.45. The average molecular weight is 287 g/mol. The van der Waals surface area contributed by atoms with Crippen LogP contribution in [0.3, 0.4) is 0 Å². The Hall–Kier alpha value is -0.123. The molecule has 0 fully saturated rings. The van der Waals surface area contributed by atoms with Crippen LogP contribution in [-0.2, 0) is 4.43 Å². The van der Waals surface area contributed by atoms with Crippen LogP contribution in [-0.4, -0.2) is 26.1 Å². The van der Waals surface area contributed by atoms with Crippen molar-refractivity contribution in [2.75, 3.05) is 6.61 Å². The summed E-state index contributed by atoms with van der Waals surface area (Å²) in [5.41, 5.74) is 1.70. The van der Waals surface area contributed by atoms with Gasteiger partial charge in [-0.25, -0.2) is 0 Å². The highest BCUT2D eigenvalue weighted by molar-refractivity contribution is 6.77. The van der Waals surface area contributed by atoms with Gasteiger partial charge in [-0.1, -0.05) is 60.6 Å². The summed E-state index contributed by atoms with van der Waals surface area (Å²) in [6, 6.07) is 0. The van der Waals surface area contributed by atoms with Crippen molar-refractivity contribution in [3.8, 4) is 0 Å². The molecule has 0 aromatic carbocycles. The summed E-state index contributed by atoms with van der Waals surface area (Å²) >= 11 is 0. The summed E-state index contributed by atoms with van der Waals surface area (Å²) < 4.78 is 6.40. The number of rotatable bonds is 8. The van der Waals surface area contributed by atoms with Crippen LogP contribution in [0.1, 0.15) is 55.4 Å². The number of hydrogen-bond donors (Lipinski definition) is 1. The van der Waals surface area contributed by atoms with E-state index in [2.05, 4.69) is 41.5 Å². The first-order valence-electron chi connectivity index (χ1n) is 7.64. The van der Waals surface area contributed by atoms with Gasteiger partial charge in [-0.15, -0.1) is 0 Å². The van der Waals surface area contributed by atoms with E-state index < -0.39 is 14.4 Å². The molecule has 1 N–H and O–H groups in total. The average Bonchev–Trinajstić information content (AvgIpc) is 2.28. The molecule has 0 rings (SSSR count). The topological polar surface area (TPSA) is 29.5 Å². The van der Waals surface area contributed by atoms with E-state index in [0.29, 0.717) is 23.2 Å². The number of aliphatic hydroxyl groups excluding tert-OH is 1. The molecule has 0 radical (unpaired) electrons. The number of hydrogen-bond acceptors (Lipinski definition) is 2. The molecule has 2 nitrogen and oxygen atoms in total. The highest BCUT2D eigenvalue weighted by atomic mass is 28.4. The van der Waals surface area contributed by atoms with E-state index in [1.165, 1.54) is 0 Å². The zero-order chi connectivity index (χ0) is 15.2. The van der Waals surface area contributed by atoms with Crippen LogP contribution in [0.5, 0.6) is 0 Å². The second kappa shape index (κ2) is 8.23. The smallest absolute Gasteiger partial charge is 0.200 e. The fraction of sp³-hybridized carbons (Fsp3) is 0.875. The van der Waals surface area contributed by atoms with Gasteiger partial charge in [-0.3, -0.25) is 0 Å². The Morgan fingerprint density at radius 1 is 0.947 bits per heavy atom. The molecule has 114 valence electrons. The van der Waals surface area contributed by atoms with Gasteiger partial charge in [-0.05, 0) is 23.5 Å². The molecule has 0 aliphatic rings. The van der Waals surface area contributed by atoms with E-state index in [1.54, 1.807) is 0 Å². The predicted octanol–water partition coefficient (Wildman–Crippen LogP) is 4.75. The van der Waals surface area contributed by atoms with Crippen LogP contribution in [0.25, 0.3) is 0 Å². The second-order valence-corrected chi connectivity index (χ2v) is 12.0. The molecule has 0 unspecified atom stereocenters. The van der Waals surface area contributed by atoms with Gasteiger partial charge in [0.2, 0.25) is 0 Å². The van der Waals surface area contributed by atoms with Gasteiger partial charge in [0, 0.05) is 5.92 Å². The van der Waals surface area contributed by atoms with E-state index in [-0.39, 0.29) is 5.92 Å². The molecule has 0 aromatic rings. The normalized spacial score (nSPS) is 16.8. The summed E-state index contributed by atoms with van der Waals surface area (Å²) in [4.78, 5) is 0. The SMILES string of the molecule is C/C=C\[C@@H](C)[C@@H](O)CO[Si](C(C)C)(C(C)C)C(C)C. The Kier molecular flexibility index (Phi) is 8.17. The van der Waals surface area contributed by atoms with Gasteiger partial charge in [0.1, 0.15) is 0 Å². The first-order chi connectivity index (χ1) is 8.70. The molecule has 3 heteroatoms. The van der Waals surface area contributed by atoms with E-state index in [0.717, 1.165) is 0 Å². The van der Waals surface area contributed by atoms with Crippen LogP contribution in [0, 0.1) is 5.92 Å². The fourth-order valence-corrected chi connectivity index (χ4v) is 8.77. The molecular formula is C16H34O2Si. The van der Waals surface area contributed by atoms with Crippen molar-refractivity contribution in [3.05, 3.63) is 12.2 Å². The molecule has 0 aliphatic carbocycles. The molecule has 0 bridgehead atoms. The third kappa shape index (κ3) is 4.73. The van der Waals surface area contributed by atoms with Crippen molar-refractivity contribution in [2.24, 2.45) is 5.92 Å². The molecular weight excluding hydrogens is 252 g/mol. The quantitative estimate of drug-likeness (QED) is 0.515. The third-order valence-corrected chi connectivity index (χ3v) is 10.4. The summed E-state index contributed by atoms with van der Waals surface area (Å²) in [7, 11) is -1.84. The van der Waals surface area contributed by atoms with Crippen molar-refractivity contribution in [2.45, 2.75) is 78.1 Å². The Balaban J connectivity index is 4.86. The van der Waals surface area contributed by atoms with E-state index in [9.17, 15) is 5.11 Å². The maximum atomic E-state index is 10.2. The molecule has 19 heavy (non-hydrogen) atoms. The van der Waals surface area contributed by atoms with Gasteiger partial charge < -0.3 is 9.53 Å². The maximum Gasteiger partial charge on any atom is 0.200 e. The van der Waals surface area contributed by atoms with Crippen molar-refractivity contribution in [3.63, 3.8) is 0 Å². The Bertz CT molecular complexity index is 250. The van der Waals surface area contributed by atoms with Crippen LogP contribution >= 0.6 is 0 Å². The van der Waals surface area contributed by atoms with E-state index in [1.807, 2.05) is 26.0 Å². The predicted molar refractivity (Wildman–Crippen MR) is 87.0 cm³/mol. The Morgan fingerprint density at radius 2 is 1.37 bits per heavy atom. The molecule has 0 amide bonds. The maximum absolute atomic E-state index is 10.2. The van der Waals surface area contributed by atoms with Crippen molar-refractivity contribution < 1.29 is 9.53 Å². The first kappa shape index (κ1) is 18.9. The van der Waals surface area contributed by atoms with Gasteiger partial charge in [0.25, 0.3) is 0 Å². The lowest BCUT2D eigenvalue weighted by Crippen LogP contribution is -2.49. The summed E-state index contributed by atoms with van der Waals surface area (Å²) in [5, 5.41) is 10.2. The summed E-state index contributed by atoms with van der Waals surface area (Å²) in [6.45, 7) is 18.1. The fourth-order valence-electron chi connectivity index (χ4n) is 3.31. The molecule has 0 aromatic heterocycles. The minimum absolute atomic E-state index is 0.156. The lowest BCUT2D eigenvalue weighted by Gasteiger charge is -2.42. The van der Waals surface area contributed by atoms with Crippen molar-refractivity contribution in [1.29, 1.82) is 0 Å². The largest absolute Gasteiger partial charge is 0.413 e. The van der Waals surface area contributed by atoms with E-state index >= 15 is 0 Å². The molecule has 0 heterocycles. The van der Waals surface area contributed by atoms with Crippen LogP contribution in [0.2, 0.25) is 16.6 Å². The summed E-state index contributed by atoms with van der Waals surface area (Å²) in [5.74, 6) is 0.156. The monoisotopic (exact) mass is 286 g/mol. The lowest BCUT2D eigenvalue weighted by molar-refractivity contribution is 0.0710. The highest BCUT2D eigenvalue weighted by Crippen LogP contribution is 2.42. The van der Waals surface area contributed by atoms with Crippen molar-refractivity contribution >= 4 is 8.32 Å². The van der Waals surface area contributed by atoms with Gasteiger partial charge in [-0.2, -0.15) is 0 Å². The molecule has 0 aliphatic heterocycles. The van der Waals surface area contributed by atoms with E-state index in [4.69, 9.17) is 4.43 Å². The van der Waals surface area contributed by atoms with Crippen LogP contribution in [0.15, 0.2) is 12.2 Å². The number of allylic oxidation sites excluding steroid dienone is 1. The minimum atomic E-state index is -1.84. The summed E-state index contributed by atoms with van der Waals surface area (Å²) in [6.07, 6.45) is 3.63. The van der Waals surface area contributed by atoms with Crippen molar-refractivity contribution in [1.82, 2.24) is 0 Å². The first-order valence-corrected chi connectivity index (χ1v) is 9.78. The minimum Gasteiger partial charge on any atom is -0.413 e. The van der Waals surface area contributed by atoms with Gasteiger partial charge in [0.15, 0.2) is 8.32 Å². The lowest BCUT2D eigenvalue weighted by atomic mass is 10.1. The van der Waals surface area contributed by atoms with Gasteiger partial charge >= 0.3 is 0 Å². The zero-order valence-corrected chi connectivity index (χ0v) is 15.1. The standard InChI is InChI=1S/C16H34O2Si/c1-9-10-15(8)16(17)11-18-19(12(2)3,13(4)5)14(6)7/h9-10,12-17H,11H2,1-8H3/b10-9-/t15-,16+/m1/s1.